The first-order valence-electron chi connectivity index (χ1n) is 11.0. The van der Waals surface area contributed by atoms with E-state index in [4.69, 9.17) is 9.47 Å². The number of carbonyl (C=O) groups is 3. The van der Waals surface area contributed by atoms with Gasteiger partial charge < -0.3 is 9.47 Å². The van der Waals surface area contributed by atoms with E-state index in [0.29, 0.717) is 26.2 Å². The van der Waals surface area contributed by atoms with E-state index in [9.17, 15) is 18.8 Å². The lowest BCUT2D eigenvalue weighted by molar-refractivity contribution is -0.132. The Balaban J connectivity index is 1.59. The highest BCUT2D eigenvalue weighted by molar-refractivity contribution is 14.1. The van der Waals surface area contributed by atoms with Gasteiger partial charge in [0.1, 0.15) is 18.0 Å². The fourth-order valence-electron chi connectivity index (χ4n) is 4.25. The molecule has 7 nitrogen and oxygen atoms in total. The topological polar surface area (TPSA) is 84.9 Å². The van der Waals surface area contributed by atoms with Crippen LogP contribution < -0.4 is 14.8 Å². The van der Waals surface area contributed by atoms with Crippen molar-refractivity contribution in [3.05, 3.63) is 62.5 Å². The van der Waals surface area contributed by atoms with Gasteiger partial charge in [-0.25, -0.2) is 9.18 Å². The molecule has 0 aromatic heterocycles. The molecule has 1 heterocycles. The Morgan fingerprint density at radius 1 is 1.15 bits per heavy atom. The lowest BCUT2D eigenvalue weighted by Crippen LogP contribution is -2.58. The number of barbiturate groups is 1. The number of methoxy groups -OCH3 is 1. The third-order valence-electron chi connectivity index (χ3n) is 5.91. The van der Waals surface area contributed by atoms with E-state index in [1.165, 1.54) is 30.2 Å². The summed E-state index contributed by atoms with van der Waals surface area (Å²) in [6.07, 6.45) is 5.91. The Morgan fingerprint density at radius 2 is 1.91 bits per heavy atom. The Kier molecular flexibility index (Phi) is 7.50. The highest BCUT2D eigenvalue weighted by atomic mass is 127. The number of hydrogen-bond donors (Lipinski definition) is 1. The van der Waals surface area contributed by atoms with Crippen molar-refractivity contribution in [3.8, 4) is 11.5 Å². The zero-order valence-electron chi connectivity index (χ0n) is 18.6. The number of hydrogen-bond acceptors (Lipinski definition) is 5. The average Bonchev–Trinajstić information content (AvgIpc) is 2.81. The summed E-state index contributed by atoms with van der Waals surface area (Å²) in [6, 6.07) is 8.66. The summed E-state index contributed by atoms with van der Waals surface area (Å²) in [6.45, 7) is 0.143. The average molecular weight is 578 g/mol. The van der Waals surface area contributed by atoms with Crippen molar-refractivity contribution in [3.63, 3.8) is 0 Å². The fourth-order valence-corrected chi connectivity index (χ4v) is 5.04. The van der Waals surface area contributed by atoms with Gasteiger partial charge in [-0.05, 0) is 76.9 Å². The van der Waals surface area contributed by atoms with Gasteiger partial charge in [-0.1, -0.05) is 31.4 Å². The van der Waals surface area contributed by atoms with E-state index in [2.05, 4.69) is 27.9 Å². The minimum atomic E-state index is -0.720. The van der Waals surface area contributed by atoms with Crippen LogP contribution >= 0.6 is 22.6 Å². The standard InChI is InChI=1S/C25H24FIN2O5/c1-33-21-13-16(12-20(27)22(21)34-14-15-6-5-7-17(26)10-15)11-19-23(30)28-25(32)29(24(19)31)18-8-3-2-4-9-18/h5-7,10-13,18H,2-4,8-9,14H2,1H3,(H,28,30,32). The van der Waals surface area contributed by atoms with Crippen molar-refractivity contribution < 1.29 is 28.2 Å². The van der Waals surface area contributed by atoms with Crippen molar-refractivity contribution in [2.75, 3.05) is 7.11 Å². The smallest absolute Gasteiger partial charge is 0.331 e. The van der Waals surface area contributed by atoms with Crippen LogP contribution in [0.3, 0.4) is 0 Å². The van der Waals surface area contributed by atoms with Crippen LogP contribution in [0.2, 0.25) is 0 Å². The maximum Gasteiger partial charge on any atom is 0.331 e. The molecule has 1 aliphatic carbocycles. The second-order valence-corrected chi connectivity index (χ2v) is 9.40. The molecule has 1 aliphatic heterocycles. The molecule has 0 unspecified atom stereocenters. The van der Waals surface area contributed by atoms with Crippen LogP contribution in [-0.4, -0.2) is 35.9 Å². The third-order valence-corrected chi connectivity index (χ3v) is 6.71. The Bertz CT molecular complexity index is 1160. The van der Waals surface area contributed by atoms with Crippen molar-refractivity contribution in [2.24, 2.45) is 0 Å². The fraction of sp³-hybridized carbons (Fsp3) is 0.320. The number of carbonyl (C=O) groups excluding carboxylic acids is 3. The summed E-state index contributed by atoms with van der Waals surface area (Å²) in [5.41, 5.74) is 1.12. The van der Waals surface area contributed by atoms with Gasteiger partial charge in [-0.3, -0.25) is 19.8 Å². The second kappa shape index (κ2) is 10.5. The number of halogens is 2. The number of amides is 4. The van der Waals surface area contributed by atoms with Crippen LogP contribution in [0.15, 0.2) is 42.0 Å². The van der Waals surface area contributed by atoms with Crippen LogP contribution in [0.1, 0.15) is 43.2 Å². The number of nitrogens with one attached hydrogen (secondary N) is 1. The third kappa shape index (κ3) is 5.24. The Hall–Kier alpha value is -2.95. The second-order valence-electron chi connectivity index (χ2n) is 8.24. The first kappa shape index (κ1) is 24.2. The van der Waals surface area contributed by atoms with Crippen LogP contribution in [0.5, 0.6) is 11.5 Å². The molecular formula is C25H24FIN2O5. The molecule has 0 atom stereocenters. The molecule has 178 valence electrons. The lowest BCUT2D eigenvalue weighted by Gasteiger charge is -2.35. The van der Waals surface area contributed by atoms with E-state index in [1.807, 2.05) is 0 Å². The van der Waals surface area contributed by atoms with Crippen molar-refractivity contribution >= 4 is 46.5 Å². The molecule has 2 aliphatic rings. The highest BCUT2D eigenvalue weighted by Crippen LogP contribution is 2.36. The van der Waals surface area contributed by atoms with Crippen LogP contribution in [0, 0.1) is 9.39 Å². The summed E-state index contributed by atoms with van der Waals surface area (Å²) in [4.78, 5) is 39.2. The first-order valence-corrected chi connectivity index (χ1v) is 12.1. The predicted octanol–water partition coefficient (Wildman–Crippen LogP) is 4.81. The van der Waals surface area contributed by atoms with Gasteiger partial charge in [0.05, 0.1) is 10.7 Å². The Morgan fingerprint density at radius 3 is 2.62 bits per heavy atom. The maximum absolute atomic E-state index is 13.5. The molecule has 1 saturated carbocycles. The van der Waals surface area contributed by atoms with E-state index in [1.54, 1.807) is 24.3 Å². The molecule has 9 heteroatoms. The zero-order chi connectivity index (χ0) is 24.2. The van der Waals surface area contributed by atoms with Crippen LogP contribution in [-0.2, 0) is 16.2 Å². The molecule has 2 aromatic carbocycles. The van der Waals surface area contributed by atoms with Gasteiger partial charge in [-0.2, -0.15) is 0 Å². The first-order chi connectivity index (χ1) is 16.4. The number of imide groups is 2. The number of rotatable bonds is 6. The minimum absolute atomic E-state index is 0.101. The minimum Gasteiger partial charge on any atom is -0.493 e. The largest absolute Gasteiger partial charge is 0.493 e. The summed E-state index contributed by atoms with van der Waals surface area (Å²) >= 11 is 2.07. The van der Waals surface area contributed by atoms with Gasteiger partial charge in [0.15, 0.2) is 11.5 Å². The quantitative estimate of drug-likeness (QED) is 0.302. The van der Waals surface area contributed by atoms with Gasteiger partial charge in [-0.15, -0.1) is 0 Å². The maximum atomic E-state index is 13.5. The van der Waals surface area contributed by atoms with E-state index in [-0.39, 0.29) is 24.0 Å². The van der Waals surface area contributed by atoms with E-state index < -0.39 is 17.8 Å². The van der Waals surface area contributed by atoms with Gasteiger partial charge in [0.25, 0.3) is 11.8 Å². The highest BCUT2D eigenvalue weighted by Gasteiger charge is 2.40. The Labute approximate surface area is 210 Å². The lowest BCUT2D eigenvalue weighted by atomic mass is 9.93. The molecular weight excluding hydrogens is 554 g/mol. The molecule has 2 aromatic rings. The summed E-state index contributed by atoms with van der Waals surface area (Å²) in [7, 11) is 1.49. The van der Waals surface area contributed by atoms with E-state index >= 15 is 0 Å². The number of nitrogens with zero attached hydrogens (tertiary/aromatic N) is 1. The van der Waals surface area contributed by atoms with Crippen molar-refractivity contribution in [2.45, 2.75) is 44.8 Å². The van der Waals surface area contributed by atoms with Crippen LogP contribution in [0.4, 0.5) is 9.18 Å². The summed E-state index contributed by atoms with van der Waals surface area (Å²) in [5.74, 6) is -0.781. The van der Waals surface area contributed by atoms with E-state index in [0.717, 1.165) is 32.1 Å². The molecule has 0 spiro atoms. The predicted molar refractivity (Wildman–Crippen MR) is 132 cm³/mol. The summed E-state index contributed by atoms with van der Waals surface area (Å²) < 4.78 is 25.5. The van der Waals surface area contributed by atoms with Crippen molar-refractivity contribution in [1.29, 1.82) is 0 Å². The number of urea groups is 1. The summed E-state index contributed by atoms with van der Waals surface area (Å²) in [5, 5.41) is 2.30. The molecule has 34 heavy (non-hydrogen) atoms. The SMILES string of the molecule is COc1cc(C=C2C(=O)NC(=O)N(C3CCCCC3)C2=O)cc(I)c1OCc1cccc(F)c1. The van der Waals surface area contributed by atoms with Gasteiger partial charge in [0, 0.05) is 6.04 Å². The molecule has 0 bridgehead atoms. The molecule has 2 fully saturated rings. The number of benzene rings is 2. The molecule has 4 amide bonds. The molecule has 4 rings (SSSR count). The van der Waals surface area contributed by atoms with Gasteiger partial charge in [0.2, 0.25) is 0 Å². The zero-order valence-corrected chi connectivity index (χ0v) is 20.8. The monoisotopic (exact) mass is 578 g/mol. The normalized spacial score (nSPS) is 18.3. The molecule has 1 N–H and O–H groups in total. The molecule has 0 radical (unpaired) electrons. The van der Waals surface area contributed by atoms with Crippen molar-refractivity contribution in [1.82, 2.24) is 10.2 Å². The molecule has 1 saturated heterocycles. The van der Waals surface area contributed by atoms with Crippen LogP contribution in [0.25, 0.3) is 6.08 Å². The number of ether oxygens (including phenoxy) is 2. The van der Waals surface area contributed by atoms with Gasteiger partial charge >= 0.3 is 6.03 Å².